The van der Waals surface area contributed by atoms with Gasteiger partial charge in [-0.05, 0) is 91.3 Å². The fourth-order valence-electron chi connectivity index (χ4n) is 7.59. The van der Waals surface area contributed by atoms with Crippen LogP contribution in [0, 0.1) is 59.2 Å². The summed E-state index contributed by atoms with van der Waals surface area (Å²) in [5.74, 6) is 6.98. The highest BCUT2D eigenvalue weighted by atomic mass is 16.3. The largest absolute Gasteiger partial charge is 0.396 e. The molecule has 2 nitrogen and oxygen atoms in total. The molecule has 4 bridgehead atoms. The summed E-state index contributed by atoms with van der Waals surface area (Å²) in [6, 6.07) is 0. The summed E-state index contributed by atoms with van der Waals surface area (Å²) < 4.78 is 0. The molecule has 0 heterocycles. The number of fused-ring (bicyclic) bond motifs is 4. The minimum Gasteiger partial charge on any atom is -0.396 e. The van der Waals surface area contributed by atoms with E-state index in [2.05, 4.69) is 24.3 Å². The van der Waals surface area contributed by atoms with Gasteiger partial charge >= 0.3 is 0 Å². The molecule has 0 amide bonds. The first-order valence-corrected chi connectivity index (χ1v) is 9.88. The van der Waals surface area contributed by atoms with Gasteiger partial charge in [-0.25, -0.2) is 0 Å². The van der Waals surface area contributed by atoms with Gasteiger partial charge in [-0.1, -0.05) is 24.3 Å². The van der Waals surface area contributed by atoms with Crippen molar-refractivity contribution in [1.29, 1.82) is 0 Å². The third-order valence-corrected chi connectivity index (χ3v) is 8.40. The standard InChI is InChI=1S/C21H30O2/c22-10-18-12-1-3-14(7-12)20(18)16-5-6-17(9-16)21-15-4-2-13(8-15)19(21)11-23/h1-4,12-23H,5-11H2/t12-,13+,14+,15-,16?,17?,18-,19+,20+,21-. The molecule has 2 heteroatoms. The van der Waals surface area contributed by atoms with Crippen LogP contribution in [-0.4, -0.2) is 23.4 Å². The normalized spacial score (nSPS) is 56.3. The first-order valence-electron chi connectivity index (χ1n) is 9.88. The van der Waals surface area contributed by atoms with Crippen LogP contribution >= 0.6 is 0 Å². The van der Waals surface area contributed by atoms with Gasteiger partial charge in [-0.2, -0.15) is 0 Å². The van der Waals surface area contributed by atoms with E-state index in [1.165, 1.54) is 32.1 Å². The average Bonchev–Trinajstić information content (AvgIpc) is 3.38. The highest BCUT2D eigenvalue weighted by Crippen LogP contribution is 2.59. The van der Waals surface area contributed by atoms with Crippen LogP contribution in [0.5, 0.6) is 0 Å². The van der Waals surface area contributed by atoms with Gasteiger partial charge < -0.3 is 10.2 Å². The molecule has 126 valence electrons. The van der Waals surface area contributed by atoms with Crippen molar-refractivity contribution in [2.75, 3.05) is 13.2 Å². The Morgan fingerprint density at radius 2 is 1.04 bits per heavy atom. The highest BCUT2D eigenvalue weighted by Gasteiger charge is 2.52. The number of allylic oxidation sites excluding steroid dienone is 4. The Labute approximate surface area is 139 Å². The SMILES string of the molecule is OC[C@@H]1[C@@H](C2CCC([C@H]3[C@H](CO)[C@@H]4C=C[C@H]3C4)C2)[C@@H]2C=C[C@H]1C2. The quantitative estimate of drug-likeness (QED) is 0.782. The van der Waals surface area contributed by atoms with Crippen molar-refractivity contribution < 1.29 is 10.2 Å². The Morgan fingerprint density at radius 1 is 0.609 bits per heavy atom. The van der Waals surface area contributed by atoms with E-state index in [0.29, 0.717) is 36.9 Å². The molecular formula is C21H30O2. The maximum atomic E-state index is 9.89. The second-order valence-corrected chi connectivity index (χ2v) is 9.08. The predicted molar refractivity (Wildman–Crippen MR) is 90.4 cm³/mol. The van der Waals surface area contributed by atoms with E-state index in [0.717, 1.165) is 35.5 Å². The molecule has 23 heavy (non-hydrogen) atoms. The Balaban J connectivity index is 1.32. The minimum absolute atomic E-state index is 0.382. The van der Waals surface area contributed by atoms with E-state index in [9.17, 15) is 10.2 Å². The van der Waals surface area contributed by atoms with Gasteiger partial charge in [0.2, 0.25) is 0 Å². The van der Waals surface area contributed by atoms with Crippen LogP contribution in [0.15, 0.2) is 24.3 Å². The summed E-state index contributed by atoms with van der Waals surface area (Å²) in [5.41, 5.74) is 0. The molecule has 3 fully saturated rings. The van der Waals surface area contributed by atoms with Gasteiger partial charge in [0.25, 0.3) is 0 Å². The average molecular weight is 314 g/mol. The van der Waals surface area contributed by atoms with Gasteiger partial charge in [0.1, 0.15) is 0 Å². The molecule has 5 rings (SSSR count). The fourth-order valence-corrected chi connectivity index (χ4v) is 7.59. The predicted octanol–water partition coefficient (Wildman–Crippen LogP) is 3.26. The first-order chi connectivity index (χ1) is 11.3. The summed E-state index contributed by atoms with van der Waals surface area (Å²) >= 11 is 0. The van der Waals surface area contributed by atoms with E-state index in [1.54, 1.807) is 0 Å². The smallest absolute Gasteiger partial charge is 0.0467 e. The van der Waals surface area contributed by atoms with Crippen molar-refractivity contribution >= 4 is 0 Å². The molecular weight excluding hydrogens is 284 g/mol. The summed E-state index contributed by atoms with van der Waals surface area (Å²) in [6.07, 6.45) is 16.3. The van der Waals surface area contributed by atoms with Crippen LogP contribution < -0.4 is 0 Å². The van der Waals surface area contributed by atoms with Crippen LogP contribution in [0.25, 0.3) is 0 Å². The Kier molecular flexibility index (Phi) is 3.49. The Bertz CT molecular complexity index is 478. The molecule has 0 saturated heterocycles. The first kappa shape index (κ1) is 14.7. The summed E-state index contributed by atoms with van der Waals surface area (Å²) in [5, 5.41) is 19.8. The molecule has 2 unspecified atom stereocenters. The third kappa shape index (κ3) is 2.07. The van der Waals surface area contributed by atoms with E-state index < -0.39 is 0 Å². The van der Waals surface area contributed by atoms with Gasteiger partial charge in [0.15, 0.2) is 0 Å². The van der Waals surface area contributed by atoms with Crippen LogP contribution in [0.3, 0.4) is 0 Å². The minimum atomic E-state index is 0.382. The van der Waals surface area contributed by atoms with Crippen molar-refractivity contribution in [1.82, 2.24) is 0 Å². The van der Waals surface area contributed by atoms with Crippen LogP contribution in [0.4, 0.5) is 0 Å². The molecule has 2 N–H and O–H groups in total. The molecule has 3 saturated carbocycles. The van der Waals surface area contributed by atoms with Crippen LogP contribution in [0.2, 0.25) is 0 Å². The number of aliphatic hydroxyl groups excluding tert-OH is 2. The van der Waals surface area contributed by atoms with E-state index in [-0.39, 0.29) is 0 Å². The van der Waals surface area contributed by atoms with Crippen LogP contribution in [0.1, 0.15) is 32.1 Å². The lowest BCUT2D eigenvalue weighted by atomic mass is 9.71. The van der Waals surface area contributed by atoms with E-state index >= 15 is 0 Å². The molecule has 5 aliphatic rings. The second kappa shape index (κ2) is 5.46. The van der Waals surface area contributed by atoms with Crippen molar-refractivity contribution in [2.45, 2.75) is 32.1 Å². The topological polar surface area (TPSA) is 40.5 Å². The van der Waals surface area contributed by atoms with Gasteiger partial charge in [-0.15, -0.1) is 0 Å². The third-order valence-electron chi connectivity index (χ3n) is 8.40. The maximum Gasteiger partial charge on any atom is 0.0467 e. The Hall–Kier alpha value is -0.600. The van der Waals surface area contributed by atoms with Gasteiger partial charge in [0, 0.05) is 13.2 Å². The summed E-state index contributed by atoms with van der Waals surface area (Å²) in [6.45, 7) is 0.765. The fraction of sp³-hybridized carbons (Fsp3) is 0.810. The van der Waals surface area contributed by atoms with Crippen molar-refractivity contribution in [3.8, 4) is 0 Å². The number of aliphatic hydroxyl groups is 2. The molecule has 0 aromatic rings. The lowest BCUT2D eigenvalue weighted by molar-refractivity contribution is 0.107. The number of hydrogen-bond donors (Lipinski definition) is 2. The summed E-state index contributed by atoms with van der Waals surface area (Å²) in [4.78, 5) is 0. The molecule has 0 radical (unpaired) electrons. The molecule has 0 aliphatic heterocycles. The monoisotopic (exact) mass is 314 g/mol. The second-order valence-electron chi connectivity index (χ2n) is 9.08. The molecule has 0 spiro atoms. The number of rotatable bonds is 4. The number of hydrogen-bond acceptors (Lipinski definition) is 2. The zero-order chi connectivity index (χ0) is 15.6. The van der Waals surface area contributed by atoms with Gasteiger partial charge in [-0.3, -0.25) is 0 Å². The van der Waals surface area contributed by atoms with Crippen molar-refractivity contribution in [3.05, 3.63) is 24.3 Å². The zero-order valence-corrected chi connectivity index (χ0v) is 13.9. The maximum absolute atomic E-state index is 9.89. The highest BCUT2D eigenvalue weighted by molar-refractivity contribution is 5.17. The van der Waals surface area contributed by atoms with Gasteiger partial charge in [0.05, 0.1) is 0 Å². The Morgan fingerprint density at radius 3 is 1.48 bits per heavy atom. The lowest BCUT2D eigenvalue weighted by Crippen LogP contribution is -2.31. The van der Waals surface area contributed by atoms with E-state index in [1.807, 2.05) is 0 Å². The lowest BCUT2D eigenvalue weighted by Gasteiger charge is -2.34. The molecule has 0 aromatic heterocycles. The van der Waals surface area contributed by atoms with Crippen LogP contribution in [-0.2, 0) is 0 Å². The van der Waals surface area contributed by atoms with E-state index in [4.69, 9.17) is 0 Å². The summed E-state index contributed by atoms with van der Waals surface area (Å²) in [7, 11) is 0. The van der Waals surface area contributed by atoms with Crippen molar-refractivity contribution in [2.24, 2.45) is 59.2 Å². The van der Waals surface area contributed by atoms with Crippen molar-refractivity contribution in [3.63, 3.8) is 0 Å². The molecule has 10 atom stereocenters. The zero-order valence-electron chi connectivity index (χ0n) is 13.9. The molecule has 0 aromatic carbocycles. The molecule has 5 aliphatic carbocycles.